The molecule has 2 aliphatic carbocycles. The van der Waals surface area contributed by atoms with Gasteiger partial charge in [0, 0.05) is 29.6 Å². The van der Waals surface area contributed by atoms with Gasteiger partial charge in [0.05, 0.1) is 0 Å². The van der Waals surface area contributed by atoms with Crippen molar-refractivity contribution in [2.75, 3.05) is 5.33 Å². The van der Waals surface area contributed by atoms with Crippen molar-refractivity contribution in [2.45, 2.75) is 63.3 Å². The van der Waals surface area contributed by atoms with E-state index in [0.29, 0.717) is 17.7 Å². The number of hydrogen-bond acceptors (Lipinski definition) is 1. The van der Waals surface area contributed by atoms with Gasteiger partial charge in [0.25, 0.3) is 0 Å². The van der Waals surface area contributed by atoms with Crippen molar-refractivity contribution in [1.82, 2.24) is 5.32 Å². The first kappa shape index (κ1) is 15.2. The van der Waals surface area contributed by atoms with Gasteiger partial charge in [0.15, 0.2) is 0 Å². The lowest BCUT2D eigenvalue weighted by molar-refractivity contribution is -0.128. The Morgan fingerprint density at radius 1 is 1.32 bits per heavy atom. The number of amides is 1. The predicted molar refractivity (Wildman–Crippen MR) is 74.6 cm³/mol. The molecular formula is C14H22BrF2NO. The van der Waals surface area contributed by atoms with Crippen LogP contribution >= 0.6 is 15.9 Å². The second-order valence-corrected chi connectivity index (χ2v) is 6.96. The summed E-state index contributed by atoms with van der Waals surface area (Å²) in [6, 6.07) is 0. The highest BCUT2D eigenvalue weighted by Crippen LogP contribution is 2.40. The number of carbonyl (C=O) groups is 1. The third kappa shape index (κ3) is 3.67. The summed E-state index contributed by atoms with van der Waals surface area (Å²) in [5.74, 6) is -2.76. The lowest BCUT2D eigenvalue weighted by Crippen LogP contribution is -2.54. The molecule has 2 saturated carbocycles. The van der Waals surface area contributed by atoms with E-state index in [1.807, 2.05) is 0 Å². The zero-order valence-corrected chi connectivity index (χ0v) is 12.9. The van der Waals surface area contributed by atoms with Crippen LogP contribution in [0.1, 0.15) is 51.9 Å². The van der Waals surface area contributed by atoms with E-state index in [-0.39, 0.29) is 24.3 Å². The van der Waals surface area contributed by atoms with Crippen molar-refractivity contribution >= 4 is 21.8 Å². The van der Waals surface area contributed by atoms with E-state index in [1.165, 1.54) is 6.42 Å². The highest BCUT2D eigenvalue weighted by atomic mass is 79.9. The van der Waals surface area contributed by atoms with Gasteiger partial charge >= 0.3 is 0 Å². The van der Waals surface area contributed by atoms with Gasteiger partial charge in [0.2, 0.25) is 11.8 Å². The monoisotopic (exact) mass is 337 g/mol. The Bertz CT molecular complexity index is 350. The molecule has 0 spiro atoms. The molecule has 0 heterocycles. The molecule has 2 fully saturated rings. The van der Waals surface area contributed by atoms with Crippen LogP contribution in [0.4, 0.5) is 8.78 Å². The minimum absolute atomic E-state index is 0.150. The van der Waals surface area contributed by atoms with Gasteiger partial charge in [-0.05, 0) is 25.2 Å². The fraction of sp³-hybridized carbons (Fsp3) is 0.929. The van der Waals surface area contributed by atoms with Crippen molar-refractivity contribution < 1.29 is 13.6 Å². The van der Waals surface area contributed by atoms with Gasteiger partial charge in [-0.1, -0.05) is 35.7 Å². The van der Waals surface area contributed by atoms with Crippen LogP contribution in [0.15, 0.2) is 0 Å². The van der Waals surface area contributed by atoms with Crippen molar-refractivity contribution in [3.63, 3.8) is 0 Å². The van der Waals surface area contributed by atoms with E-state index >= 15 is 0 Å². The summed E-state index contributed by atoms with van der Waals surface area (Å²) in [6.07, 6.45) is 4.03. The molecule has 0 saturated heterocycles. The summed E-state index contributed by atoms with van der Waals surface area (Å²) in [5, 5.41) is 3.78. The van der Waals surface area contributed by atoms with Crippen LogP contribution in [-0.2, 0) is 4.79 Å². The molecule has 0 aromatic heterocycles. The minimum atomic E-state index is -2.65. The van der Waals surface area contributed by atoms with Gasteiger partial charge in [-0.25, -0.2) is 8.78 Å². The maximum absolute atomic E-state index is 13.2. The standard InChI is InChI=1S/C14H22BrF2NO/c1-10-3-2-5-13(7-10,9-15)18-12(19)11-4-6-14(16,17)8-11/h10-11H,2-9H2,1H3,(H,18,19). The molecule has 5 heteroatoms. The Morgan fingerprint density at radius 2 is 2.05 bits per heavy atom. The molecule has 110 valence electrons. The third-order valence-corrected chi connectivity index (χ3v) is 5.58. The normalized spacial score (nSPS) is 38.1. The highest BCUT2D eigenvalue weighted by Gasteiger charge is 2.44. The second kappa shape index (κ2) is 5.66. The average Bonchev–Trinajstić information content (AvgIpc) is 2.70. The van der Waals surface area contributed by atoms with E-state index in [0.717, 1.165) is 19.3 Å². The Hall–Kier alpha value is -0.190. The minimum Gasteiger partial charge on any atom is -0.350 e. The molecule has 1 amide bonds. The number of alkyl halides is 3. The molecule has 1 N–H and O–H groups in total. The number of nitrogens with one attached hydrogen (secondary N) is 1. The van der Waals surface area contributed by atoms with Gasteiger partial charge in [0.1, 0.15) is 0 Å². The molecule has 19 heavy (non-hydrogen) atoms. The Balaban J connectivity index is 1.97. The molecule has 0 aliphatic heterocycles. The first-order valence-corrected chi connectivity index (χ1v) is 8.24. The Morgan fingerprint density at radius 3 is 2.58 bits per heavy atom. The Labute approximate surface area is 121 Å². The maximum Gasteiger partial charge on any atom is 0.248 e. The summed E-state index contributed by atoms with van der Waals surface area (Å²) in [4.78, 5) is 12.2. The predicted octanol–water partition coefficient (Wildman–Crippen LogP) is 3.88. The number of carbonyl (C=O) groups excluding carboxylic acids is 1. The third-order valence-electron chi connectivity index (χ3n) is 4.51. The summed E-state index contributed by atoms with van der Waals surface area (Å²) in [6.45, 7) is 2.19. The molecular weight excluding hydrogens is 316 g/mol. The van der Waals surface area contributed by atoms with Gasteiger partial charge in [-0.2, -0.15) is 0 Å². The topological polar surface area (TPSA) is 29.1 Å². The van der Waals surface area contributed by atoms with E-state index in [4.69, 9.17) is 0 Å². The molecule has 2 nitrogen and oxygen atoms in total. The molecule has 2 rings (SSSR count). The van der Waals surface area contributed by atoms with Crippen molar-refractivity contribution in [2.24, 2.45) is 11.8 Å². The molecule has 0 bridgehead atoms. The van der Waals surface area contributed by atoms with Gasteiger partial charge in [-0.3, -0.25) is 4.79 Å². The van der Waals surface area contributed by atoms with E-state index < -0.39 is 11.8 Å². The lowest BCUT2D eigenvalue weighted by atomic mass is 9.77. The van der Waals surface area contributed by atoms with Crippen molar-refractivity contribution in [3.05, 3.63) is 0 Å². The number of rotatable bonds is 3. The number of hydrogen-bond donors (Lipinski definition) is 1. The van der Waals surface area contributed by atoms with Crippen LogP contribution in [0, 0.1) is 11.8 Å². The van der Waals surface area contributed by atoms with Crippen LogP contribution < -0.4 is 5.32 Å². The SMILES string of the molecule is CC1CCCC(CBr)(NC(=O)C2CCC(F)(F)C2)C1. The Kier molecular flexibility index (Phi) is 4.53. The molecule has 3 unspecified atom stereocenters. The molecule has 0 aromatic carbocycles. The summed E-state index contributed by atoms with van der Waals surface area (Å²) in [5.41, 5.74) is -0.230. The first-order chi connectivity index (χ1) is 8.86. The van der Waals surface area contributed by atoms with Crippen molar-refractivity contribution in [3.8, 4) is 0 Å². The zero-order valence-electron chi connectivity index (χ0n) is 11.4. The smallest absolute Gasteiger partial charge is 0.248 e. The largest absolute Gasteiger partial charge is 0.350 e. The van der Waals surface area contributed by atoms with E-state index in [1.54, 1.807) is 0 Å². The second-order valence-electron chi connectivity index (χ2n) is 6.40. The molecule has 0 aromatic rings. The van der Waals surface area contributed by atoms with E-state index in [9.17, 15) is 13.6 Å². The van der Waals surface area contributed by atoms with Gasteiger partial charge in [-0.15, -0.1) is 0 Å². The van der Waals surface area contributed by atoms with Crippen LogP contribution in [0.5, 0.6) is 0 Å². The van der Waals surface area contributed by atoms with Crippen molar-refractivity contribution in [1.29, 1.82) is 0 Å². The van der Waals surface area contributed by atoms with Crippen LogP contribution in [0.3, 0.4) is 0 Å². The zero-order chi connectivity index (χ0) is 14.1. The fourth-order valence-electron chi connectivity index (χ4n) is 3.47. The fourth-order valence-corrected chi connectivity index (χ4v) is 4.12. The van der Waals surface area contributed by atoms with Crippen LogP contribution in [-0.4, -0.2) is 22.7 Å². The first-order valence-electron chi connectivity index (χ1n) is 7.12. The summed E-state index contributed by atoms with van der Waals surface area (Å²) in [7, 11) is 0. The summed E-state index contributed by atoms with van der Waals surface area (Å²) < 4.78 is 26.4. The lowest BCUT2D eigenvalue weighted by Gasteiger charge is -2.40. The highest BCUT2D eigenvalue weighted by molar-refractivity contribution is 9.09. The molecule has 0 radical (unpaired) electrons. The maximum atomic E-state index is 13.2. The van der Waals surface area contributed by atoms with E-state index in [2.05, 4.69) is 28.2 Å². The average molecular weight is 338 g/mol. The molecule has 3 atom stereocenters. The quantitative estimate of drug-likeness (QED) is 0.778. The summed E-state index contributed by atoms with van der Waals surface area (Å²) >= 11 is 3.49. The van der Waals surface area contributed by atoms with Crippen LogP contribution in [0.25, 0.3) is 0 Å². The number of halogens is 3. The van der Waals surface area contributed by atoms with Gasteiger partial charge < -0.3 is 5.32 Å². The molecule has 2 aliphatic rings. The van der Waals surface area contributed by atoms with Crippen LogP contribution in [0.2, 0.25) is 0 Å².